The zero-order valence-corrected chi connectivity index (χ0v) is 12.1. The molecule has 19 heavy (non-hydrogen) atoms. The van der Waals surface area contributed by atoms with E-state index in [4.69, 9.17) is 0 Å². The molecule has 3 heteroatoms. The maximum Gasteiger partial charge on any atom is 0.231 e. The zero-order chi connectivity index (χ0) is 13.8. The average Bonchev–Trinajstić information content (AvgIpc) is 2.46. The summed E-state index contributed by atoms with van der Waals surface area (Å²) >= 11 is 0. The van der Waals surface area contributed by atoms with E-state index in [9.17, 15) is 4.79 Å². The topological polar surface area (TPSA) is 32.3 Å². The van der Waals surface area contributed by atoms with E-state index in [1.807, 2.05) is 24.1 Å². The van der Waals surface area contributed by atoms with Crippen LogP contribution in [-0.4, -0.2) is 26.0 Å². The van der Waals surface area contributed by atoms with E-state index in [1.54, 1.807) is 0 Å². The molecule has 1 unspecified atom stereocenters. The first kappa shape index (κ1) is 14.1. The minimum absolute atomic E-state index is 0.126. The van der Waals surface area contributed by atoms with Gasteiger partial charge in [0.1, 0.15) is 0 Å². The lowest BCUT2D eigenvalue weighted by atomic mass is 9.97. The molecule has 104 valence electrons. The van der Waals surface area contributed by atoms with Crippen LogP contribution in [0.4, 0.5) is 5.69 Å². The second kappa shape index (κ2) is 6.20. The van der Waals surface area contributed by atoms with Gasteiger partial charge in [-0.15, -0.1) is 0 Å². The van der Waals surface area contributed by atoms with Gasteiger partial charge in [-0.1, -0.05) is 26.0 Å². The maximum absolute atomic E-state index is 12.5. The van der Waals surface area contributed by atoms with Gasteiger partial charge in [0, 0.05) is 19.3 Å². The number of rotatable bonds is 3. The molecule has 0 aliphatic carbocycles. The van der Waals surface area contributed by atoms with Gasteiger partial charge in [0.25, 0.3) is 0 Å². The SMILES string of the molecule is CC(C)c1cccc(N(C)C(=O)C2CCCNC2)c1. The largest absolute Gasteiger partial charge is 0.316 e. The molecule has 0 saturated carbocycles. The van der Waals surface area contributed by atoms with Gasteiger partial charge in [-0.25, -0.2) is 0 Å². The number of carbonyl (C=O) groups excluding carboxylic acids is 1. The van der Waals surface area contributed by atoms with Crippen LogP contribution in [0.3, 0.4) is 0 Å². The molecular weight excluding hydrogens is 236 g/mol. The van der Waals surface area contributed by atoms with E-state index in [0.717, 1.165) is 31.6 Å². The normalized spacial score (nSPS) is 19.5. The molecule has 0 spiro atoms. The third kappa shape index (κ3) is 3.35. The molecule has 1 aliphatic rings. The average molecular weight is 260 g/mol. The van der Waals surface area contributed by atoms with Gasteiger partial charge in [0.05, 0.1) is 5.92 Å². The van der Waals surface area contributed by atoms with E-state index in [-0.39, 0.29) is 11.8 Å². The number of nitrogens with zero attached hydrogens (tertiary/aromatic N) is 1. The lowest BCUT2D eigenvalue weighted by Gasteiger charge is -2.27. The summed E-state index contributed by atoms with van der Waals surface area (Å²) in [6.07, 6.45) is 2.09. The van der Waals surface area contributed by atoms with Crippen molar-refractivity contribution in [3.8, 4) is 0 Å². The van der Waals surface area contributed by atoms with Crippen molar-refractivity contribution in [3.05, 3.63) is 29.8 Å². The number of amides is 1. The molecule has 1 aliphatic heterocycles. The smallest absolute Gasteiger partial charge is 0.231 e. The molecule has 2 rings (SSSR count). The Kier molecular flexibility index (Phi) is 4.59. The molecule has 1 saturated heterocycles. The molecule has 3 nitrogen and oxygen atoms in total. The van der Waals surface area contributed by atoms with Gasteiger partial charge in [-0.3, -0.25) is 4.79 Å². The van der Waals surface area contributed by atoms with Crippen LogP contribution in [0.15, 0.2) is 24.3 Å². The summed E-state index contributed by atoms with van der Waals surface area (Å²) in [4.78, 5) is 14.3. The van der Waals surface area contributed by atoms with Crippen molar-refractivity contribution in [1.29, 1.82) is 0 Å². The van der Waals surface area contributed by atoms with Crippen LogP contribution in [-0.2, 0) is 4.79 Å². The Morgan fingerprint density at radius 3 is 2.84 bits per heavy atom. The van der Waals surface area contributed by atoms with Crippen LogP contribution in [0.5, 0.6) is 0 Å². The molecule has 1 atom stereocenters. The van der Waals surface area contributed by atoms with Gasteiger partial charge < -0.3 is 10.2 Å². The summed E-state index contributed by atoms with van der Waals surface area (Å²) in [6, 6.07) is 8.29. The number of hydrogen-bond acceptors (Lipinski definition) is 2. The van der Waals surface area contributed by atoms with Crippen LogP contribution in [0, 0.1) is 5.92 Å². The van der Waals surface area contributed by atoms with E-state index in [0.29, 0.717) is 5.92 Å². The van der Waals surface area contributed by atoms with Gasteiger partial charge >= 0.3 is 0 Å². The quantitative estimate of drug-likeness (QED) is 0.906. The Labute approximate surface area is 116 Å². The second-order valence-electron chi connectivity index (χ2n) is 5.69. The first-order valence-electron chi connectivity index (χ1n) is 7.18. The van der Waals surface area contributed by atoms with Gasteiger partial charge in [0.2, 0.25) is 5.91 Å². The highest BCUT2D eigenvalue weighted by atomic mass is 16.2. The first-order chi connectivity index (χ1) is 9.09. The Hall–Kier alpha value is -1.35. The highest BCUT2D eigenvalue weighted by molar-refractivity contribution is 5.94. The second-order valence-corrected chi connectivity index (χ2v) is 5.69. The summed E-state index contributed by atoms with van der Waals surface area (Å²) in [7, 11) is 1.89. The molecule has 1 N–H and O–H groups in total. The van der Waals surface area contributed by atoms with E-state index in [2.05, 4.69) is 31.3 Å². The van der Waals surface area contributed by atoms with Crippen molar-refractivity contribution in [2.75, 3.05) is 25.0 Å². The van der Waals surface area contributed by atoms with Crippen LogP contribution < -0.4 is 10.2 Å². The fourth-order valence-electron chi connectivity index (χ4n) is 2.56. The number of anilines is 1. The Balaban J connectivity index is 2.11. The maximum atomic E-state index is 12.5. The third-order valence-corrected chi connectivity index (χ3v) is 3.90. The fourth-order valence-corrected chi connectivity index (χ4v) is 2.56. The van der Waals surface area contributed by atoms with Gasteiger partial charge in [-0.05, 0) is 43.0 Å². The van der Waals surface area contributed by atoms with Crippen LogP contribution in [0.2, 0.25) is 0 Å². The number of hydrogen-bond donors (Lipinski definition) is 1. The van der Waals surface area contributed by atoms with Crippen molar-refractivity contribution < 1.29 is 4.79 Å². The fraction of sp³-hybridized carbons (Fsp3) is 0.562. The molecule has 0 bridgehead atoms. The van der Waals surface area contributed by atoms with Crippen LogP contribution in [0.1, 0.15) is 38.2 Å². The number of nitrogens with one attached hydrogen (secondary N) is 1. The lowest BCUT2D eigenvalue weighted by molar-refractivity contribution is -0.122. The van der Waals surface area contributed by atoms with Crippen molar-refractivity contribution in [2.24, 2.45) is 5.92 Å². The van der Waals surface area contributed by atoms with E-state index >= 15 is 0 Å². The number of carbonyl (C=O) groups is 1. The summed E-state index contributed by atoms with van der Waals surface area (Å²) in [5.41, 5.74) is 2.28. The van der Waals surface area contributed by atoms with Crippen LogP contribution >= 0.6 is 0 Å². The summed E-state index contributed by atoms with van der Waals surface area (Å²) in [5, 5.41) is 3.30. The Bertz CT molecular complexity index is 436. The monoisotopic (exact) mass is 260 g/mol. The Morgan fingerprint density at radius 2 is 2.21 bits per heavy atom. The molecule has 1 amide bonds. The minimum Gasteiger partial charge on any atom is -0.316 e. The van der Waals surface area contributed by atoms with Crippen molar-refractivity contribution in [3.63, 3.8) is 0 Å². The lowest BCUT2D eigenvalue weighted by Crippen LogP contribution is -2.41. The number of piperidine rings is 1. The summed E-state index contributed by atoms with van der Waals surface area (Å²) in [6.45, 7) is 6.20. The molecule has 1 aromatic rings. The van der Waals surface area contributed by atoms with Crippen molar-refractivity contribution in [1.82, 2.24) is 5.32 Å². The van der Waals surface area contributed by atoms with Crippen LogP contribution in [0.25, 0.3) is 0 Å². The zero-order valence-electron chi connectivity index (χ0n) is 12.1. The molecule has 1 aromatic carbocycles. The molecule has 1 heterocycles. The molecule has 0 aromatic heterocycles. The predicted octanol–water partition coefficient (Wildman–Crippen LogP) is 2.77. The van der Waals surface area contributed by atoms with Gasteiger partial charge in [0.15, 0.2) is 0 Å². The van der Waals surface area contributed by atoms with E-state index < -0.39 is 0 Å². The third-order valence-electron chi connectivity index (χ3n) is 3.90. The predicted molar refractivity (Wildman–Crippen MR) is 79.5 cm³/mol. The number of benzene rings is 1. The minimum atomic E-state index is 0.126. The molecular formula is C16H24N2O. The van der Waals surface area contributed by atoms with Crippen molar-refractivity contribution in [2.45, 2.75) is 32.6 Å². The highest BCUT2D eigenvalue weighted by Gasteiger charge is 2.24. The molecule has 1 fully saturated rings. The summed E-state index contributed by atoms with van der Waals surface area (Å²) < 4.78 is 0. The van der Waals surface area contributed by atoms with E-state index in [1.165, 1.54) is 5.56 Å². The first-order valence-corrected chi connectivity index (χ1v) is 7.18. The molecule has 0 radical (unpaired) electrons. The standard InChI is InChI=1S/C16H24N2O/c1-12(2)13-6-4-8-15(10-13)18(3)16(19)14-7-5-9-17-11-14/h4,6,8,10,12,14,17H,5,7,9,11H2,1-3H3. The summed E-state index contributed by atoms with van der Waals surface area (Å²) in [5.74, 6) is 0.842. The van der Waals surface area contributed by atoms with Gasteiger partial charge in [-0.2, -0.15) is 0 Å². The Morgan fingerprint density at radius 1 is 1.42 bits per heavy atom. The highest BCUT2D eigenvalue weighted by Crippen LogP contribution is 2.23. The van der Waals surface area contributed by atoms with Crippen molar-refractivity contribution >= 4 is 11.6 Å².